The Labute approximate surface area is 118 Å². The summed E-state index contributed by atoms with van der Waals surface area (Å²) in [7, 11) is 0. The fraction of sp³-hybridized carbons (Fsp3) is 0.647. The first-order valence-electron chi connectivity index (χ1n) is 7.87. The third-order valence-corrected chi connectivity index (χ3v) is 4.42. The number of nitrogens with one attached hydrogen (secondary N) is 1. The van der Waals surface area contributed by atoms with Crippen LogP contribution < -0.4 is 10.2 Å². The summed E-state index contributed by atoms with van der Waals surface area (Å²) in [5.41, 5.74) is 2.94. The summed E-state index contributed by atoms with van der Waals surface area (Å²) in [5.74, 6) is 0.823. The summed E-state index contributed by atoms with van der Waals surface area (Å²) in [6, 6.07) is 9.47. The van der Waals surface area contributed by atoms with E-state index in [1.807, 2.05) is 0 Å². The molecule has 0 aliphatic carbocycles. The zero-order valence-corrected chi connectivity index (χ0v) is 12.7. The van der Waals surface area contributed by atoms with Crippen molar-refractivity contribution in [2.24, 2.45) is 5.92 Å². The van der Waals surface area contributed by atoms with Crippen molar-refractivity contribution < 1.29 is 0 Å². The number of fused-ring (bicyclic) bond motifs is 1. The molecule has 106 valence electrons. The molecule has 1 aromatic rings. The molecule has 0 aromatic heterocycles. The van der Waals surface area contributed by atoms with E-state index in [4.69, 9.17) is 0 Å². The number of rotatable bonds is 6. The van der Waals surface area contributed by atoms with Gasteiger partial charge in [-0.1, -0.05) is 51.8 Å². The average molecular weight is 260 g/mol. The quantitative estimate of drug-likeness (QED) is 0.832. The third kappa shape index (κ3) is 3.30. The van der Waals surface area contributed by atoms with E-state index in [0.29, 0.717) is 6.04 Å². The highest BCUT2D eigenvalue weighted by Crippen LogP contribution is 2.34. The van der Waals surface area contributed by atoms with Crippen molar-refractivity contribution in [3.63, 3.8) is 0 Å². The van der Waals surface area contributed by atoms with Crippen molar-refractivity contribution in [1.29, 1.82) is 0 Å². The van der Waals surface area contributed by atoms with Gasteiger partial charge in [-0.2, -0.15) is 0 Å². The van der Waals surface area contributed by atoms with Gasteiger partial charge in [0, 0.05) is 24.8 Å². The van der Waals surface area contributed by atoms with Crippen LogP contribution in [0.4, 0.5) is 5.69 Å². The SMILES string of the molecule is CCNC1CCN(CC(CC)CC)c2ccccc21. The minimum absolute atomic E-state index is 0.541. The number of benzene rings is 1. The van der Waals surface area contributed by atoms with Crippen molar-refractivity contribution in [3.8, 4) is 0 Å². The average Bonchev–Trinajstić information content (AvgIpc) is 2.47. The van der Waals surface area contributed by atoms with E-state index in [2.05, 4.69) is 55.3 Å². The van der Waals surface area contributed by atoms with Crippen molar-refractivity contribution in [3.05, 3.63) is 29.8 Å². The van der Waals surface area contributed by atoms with Gasteiger partial charge in [0.2, 0.25) is 0 Å². The minimum Gasteiger partial charge on any atom is -0.371 e. The molecule has 1 heterocycles. The Hall–Kier alpha value is -1.02. The molecule has 2 nitrogen and oxygen atoms in total. The second-order valence-electron chi connectivity index (χ2n) is 5.59. The predicted octanol–water partition coefficient (Wildman–Crippen LogP) is 3.98. The molecule has 0 radical (unpaired) electrons. The molecule has 0 bridgehead atoms. The summed E-state index contributed by atoms with van der Waals surface area (Å²) < 4.78 is 0. The van der Waals surface area contributed by atoms with Gasteiger partial charge in [-0.05, 0) is 30.5 Å². The van der Waals surface area contributed by atoms with Crippen molar-refractivity contribution >= 4 is 5.69 Å². The maximum absolute atomic E-state index is 3.62. The van der Waals surface area contributed by atoms with Crippen LogP contribution in [0.1, 0.15) is 51.6 Å². The highest BCUT2D eigenvalue weighted by Gasteiger charge is 2.24. The van der Waals surface area contributed by atoms with E-state index >= 15 is 0 Å². The Morgan fingerprint density at radius 3 is 2.63 bits per heavy atom. The summed E-state index contributed by atoms with van der Waals surface area (Å²) in [6.07, 6.45) is 3.79. The number of hydrogen-bond donors (Lipinski definition) is 1. The first kappa shape index (κ1) is 14.4. The maximum Gasteiger partial charge on any atom is 0.0414 e. The normalized spacial score (nSPS) is 18.7. The molecule has 0 amide bonds. The molecular weight excluding hydrogens is 232 g/mol. The Balaban J connectivity index is 2.17. The summed E-state index contributed by atoms with van der Waals surface area (Å²) in [5, 5.41) is 3.62. The van der Waals surface area contributed by atoms with Crippen LogP contribution in [-0.4, -0.2) is 19.6 Å². The number of para-hydroxylation sites is 1. The monoisotopic (exact) mass is 260 g/mol. The molecule has 0 fully saturated rings. The molecule has 2 heteroatoms. The molecule has 1 aliphatic heterocycles. The maximum atomic E-state index is 3.62. The Morgan fingerprint density at radius 2 is 1.95 bits per heavy atom. The van der Waals surface area contributed by atoms with Gasteiger partial charge in [-0.3, -0.25) is 0 Å². The lowest BCUT2D eigenvalue weighted by Crippen LogP contribution is -2.38. The fourth-order valence-electron chi connectivity index (χ4n) is 3.14. The molecule has 1 aromatic carbocycles. The van der Waals surface area contributed by atoms with Crippen LogP contribution in [0.5, 0.6) is 0 Å². The molecule has 1 atom stereocenters. The molecule has 19 heavy (non-hydrogen) atoms. The molecule has 1 aliphatic rings. The molecule has 0 saturated heterocycles. The lowest BCUT2D eigenvalue weighted by molar-refractivity contribution is 0.443. The lowest BCUT2D eigenvalue weighted by atomic mass is 9.94. The molecule has 1 unspecified atom stereocenters. The lowest BCUT2D eigenvalue weighted by Gasteiger charge is -2.37. The minimum atomic E-state index is 0.541. The number of anilines is 1. The van der Waals surface area contributed by atoms with Crippen LogP contribution in [0.3, 0.4) is 0 Å². The van der Waals surface area contributed by atoms with Gasteiger partial charge in [0.25, 0.3) is 0 Å². The van der Waals surface area contributed by atoms with E-state index in [-0.39, 0.29) is 0 Å². The van der Waals surface area contributed by atoms with Crippen LogP contribution >= 0.6 is 0 Å². The van der Waals surface area contributed by atoms with E-state index in [1.165, 1.54) is 43.6 Å². The van der Waals surface area contributed by atoms with Crippen LogP contribution in [0, 0.1) is 5.92 Å². The van der Waals surface area contributed by atoms with Crippen molar-refractivity contribution in [2.75, 3.05) is 24.5 Å². The highest BCUT2D eigenvalue weighted by atomic mass is 15.2. The molecular formula is C17H28N2. The molecule has 2 rings (SSSR count). The summed E-state index contributed by atoms with van der Waals surface area (Å²) >= 11 is 0. The van der Waals surface area contributed by atoms with Gasteiger partial charge in [-0.15, -0.1) is 0 Å². The first-order valence-corrected chi connectivity index (χ1v) is 7.87. The van der Waals surface area contributed by atoms with Gasteiger partial charge in [-0.25, -0.2) is 0 Å². The third-order valence-electron chi connectivity index (χ3n) is 4.42. The van der Waals surface area contributed by atoms with Crippen LogP contribution in [0.25, 0.3) is 0 Å². The second kappa shape index (κ2) is 6.95. The standard InChI is InChI=1S/C17H28N2/c1-4-14(5-2)13-19-12-11-16(18-6-3)15-9-7-8-10-17(15)19/h7-10,14,16,18H,4-6,11-13H2,1-3H3. The molecule has 0 saturated carbocycles. The van der Waals surface area contributed by atoms with Gasteiger partial charge in [0.1, 0.15) is 0 Å². The van der Waals surface area contributed by atoms with Crippen molar-refractivity contribution in [2.45, 2.75) is 46.1 Å². The highest BCUT2D eigenvalue weighted by molar-refractivity contribution is 5.57. The summed E-state index contributed by atoms with van der Waals surface area (Å²) in [4.78, 5) is 2.60. The topological polar surface area (TPSA) is 15.3 Å². The molecule has 0 spiro atoms. The molecule has 1 N–H and O–H groups in total. The Bertz CT molecular complexity index is 385. The van der Waals surface area contributed by atoms with Gasteiger partial charge >= 0.3 is 0 Å². The fourth-order valence-corrected chi connectivity index (χ4v) is 3.14. The van der Waals surface area contributed by atoms with Gasteiger partial charge < -0.3 is 10.2 Å². The van der Waals surface area contributed by atoms with Crippen LogP contribution in [-0.2, 0) is 0 Å². The Morgan fingerprint density at radius 1 is 1.21 bits per heavy atom. The van der Waals surface area contributed by atoms with Gasteiger partial charge in [0.05, 0.1) is 0 Å². The van der Waals surface area contributed by atoms with Crippen molar-refractivity contribution in [1.82, 2.24) is 5.32 Å². The van der Waals surface area contributed by atoms with Crippen LogP contribution in [0.2, 0.25) is 0 Å². The first-order chi connectivity index (χ1) is 9.30. The Kier molecular flexibility index (Phi) is 5.26. The second-order valence-corrected chi connectivity index (χ2v) is 5.59. The number of nitrogens with zero attached hydrogens (tertiary/aromatic N) is 1. The zero-order valence-electron chi connectivity index (χ0n) is 12.7. The van der Waals surface area contributed by atoms with E-state index in [1.54, 1.807) is 0 Å². The smallest absolute Gasteiger partial charge is 0.0414 e. The van der Waals surface area contributed by atoms with Crippen LogP contribution in [0.15, 0.2) is 24.3 Å². The summed E-state index contributed by atoms with van der Waals surface area (Å²) in [6.45, 7) is 10.3. The van der Waals surface area contributed by atoms with E-state index < -0.39 is 0 Å². The largest absolute Gasteiger partial charge is 0.371 e. The number of hydrogen-bond acceptors (Lipinski definition) is 2. The zero-order chi connectivity index (χ0) is 13.7. The van der Waals surface area contributed by atoms with E-state index in [9.17, 15) is 0 Å². The van der Waals surface area contributed by atoms with E-state index in [0.717, 1.165) is 12.5 Å². The van der Waals surface area contributed by atoms with Gasteiger partial charge in [0.15, 0.2) is 0 Å². The predicted molar refractivity (Wildman–Crippen MR) is 83.8 cm³/mol.